The third-order valence-corrected chi connectivity index (χ3v) is 10.2. The second kappa shape index (κ2) is 12.1. The topological polar surface area (TPSA) is 264 Å². The molecule has 4 aromatic rings. The predicted molar refractivity (Wildman–Crippen MR) is 163 cm³/mol. The number of nitrogen functional groups attached to an aromatic ring is 2. The molecule has 0 bridgehead atoms. The summed E-state index contributed by atoms with van der Waals surface area (Å²) >= 11 is 8.55. The molecule has 6 heterocycles. The summed E-state index contributed by atoms with van der Waals surface area (Å²) in [5, 5.41) is 0. The minimum Gasteiger partial charge on any atom is -0.382 e. The Morgan fingerprint density at radius 1 is 1.09 bits per heavy atom. The molecule has 4 aromatic heterocycles. The van der Waals surface area contributed by atoms with Crippen molar-refractivity contribution in [3.8, 4) is 0 Å². The van der Waals surface area contributed by atoms with Gasteiger partial charge in [0, 0.05) is 6.42 Å². The Labute approximate surface area is 260 Å². The van der Waals surface area contributed by atoms with Gasteiger partial charge in [-0.2, -0.15) is 4.98 Å². The number of aromatic amines is 1. The normalized spacial score (nSPS) is 26.8. The first-order valence-corrected chi connectivity index (χ1v) is 19.0. The third kappa shape index (κ3) is 6.61. The highest BCUT2D eigenvalue weighted by molar-refractivity contribution is 8.44. The number of hydrogen-bond donors (Lipinski definition) is 6. The molecule has 2 saturated heterocycles. The Bertz CT molecular complexity index is 1930. The number of nitrogens with zero attached hydrogens (tertiary/aromatic N) is 6. The average molecular weight is 710 g/mol. The summed E-state index contributed by atoms with van der Waals surface area (Å²) in [6, 6.07) is 0. The molecule has 2 aliphatic rings. The highest BCUT2D eigenvalue weighted by Crippen LogP contribution is 2.57. The number of fused-ring (bicyclic) bond motifs is 2. The summed E-state index contributed by atoms with van der Waals surface area (Å²) in [4.78, 5) is 52.6. The summed E-state index contributed by atoms with van der Waals surface area (Å²) < 4.78 is 56.4. The molecule has 0 spiro atoms. The summed E-state index contributed by atoms with van der Waals surface area (Å²) in [7, 11) is 0. The number of thiazole rings is 1. The molecule has 6 rings (SSSR count). The second-order valence-electron chi connectivity index (χ2n) is 9.79. The van der Waals surface area contributed by atoms with Crippen molar-refractivity contribution in [2.75, 3.05) is 24.7 Å². The van der Waals surface area contributed by atoms with Gasteiger partial charge in [-0.15, -0.1) is 0 Å². The van der Waals surface area contributed by atoms with E-state index >= 15 is 0 Å². The van der Waals surface area contributed by atoms with Crippen molar-refractivity contribution < 1.29 is 37.1 Å². The van der Waals surface area contributed by atoms with Gasteiger partial charge < -0.3 is 25.8 Å². The molecule has 7 atom stereocenters. The zero-order valence-electron chi connectivity index (χ0n) is 22.2. The van der Waals surface area contributed by atoms with Crippen LogP contribution in [0.1, 0.15) is 31.7 Å². The number of rotatable bonds is 10. The molecule has 19 nitrogen and oxygen atoms in total. The van der Waals surface area contributed by atoms with Gasteiger partial charge in [0.15, 0.2) is 23.0 Å². The number of ether oxygens (including phenoxy) is 2. The van der Waals surface area contributed by atoms with Crippen molar-refractivity contribution in [2.24, 2.45) is 0 Å². The van der Waals surface area contributed by atoms with Crippen LogP contribution in [0.15, 0.2) is 22.2 Å². The summed E-state index contributed by atoms with van der Waals surface area (Å²) in [5.74, 6) is 0.0122. The van der Waals surface area contributed by atoms with Crippen molar-refractivity contribution >= 4 is 82.7 Å². The number of thiol groups is 2. The molecule has 0 radical (unpaired) electrons. The van der Waals surface area contributed by atoms with E-state index in [1.165, 1.54) is 21.8 Å². The number of aromatic nitrogens is 7. The zero-order valence-corrected chi connectivity index (χ0v) is 26.6. The van der Waals surface area contributed by atoms with E-state index in [9.17, 15) is 23.6 Å². The van der Waals surface area contributed by atoms with E-state index in [1.54, 1.807) is 0 Å². The fourth-order valence-electron chi connectivity index (χ4n) is 4.97. The van der Waals surface area contributed by atoms with Crippen LogP contribution in [0.4, 0.5) is 11.8 Å². The molecular formula is C20H25N9O10P2S3. The van der Waals surface area contributed by atoms with Crippen LogP contribution in [0.5, 0.6) is 0 Å². The highest BCUT2D eigenvalue weighted by Gasteiger charge is 2.43. The van der Waals surface area contributed by atoms with Gasteiger partial charge in [-0.25, -0.2) is 24.1 Å². The summed E-state index contributed by atoms with van der Waals surface area (Å²) in [6.45, 7) is -8.79. The van der Waals surface area contributed by atoms with Gasteiger partial charge in [0.1, 0.15) is 29.2 Å². The molecule has 238 valence electrons. The Kier molecular flexibility index (Phi) is 8.70. The number of hydrogen-bond acceptors (Lipinski definition) is 16. The van der Waals surface area contributed by atoms with Crippen molar-refractivity contribution in [1.29, 1.82) is 0 Å². The van der Waals surface area contributed by atoms with Gasteiger partial charge in [-0.1, -0.05) is 35.8 Å². The van der Waals surface area contributed by atoms with E-state index in [-0.39, 0.29) is 47.4 Å². The number of nitrogens with two attached hydrogens (primary N) is 2. The van der Waals surface area contributed by atoms with Crippen LogP contribution in [-0.4, -0.2) is 70.5 Å². The minimum absolute atomic E-state index is 0.00579. The van der Waals surface area contributed by atoms with E-state index in [0.29, 0.717) is 23.2 Å². The quantitative estimate of drug-likeness (QED) is 0.101. The summed E-state index contributed by atoms with van der Waals surface area (Å²) in [5.41, 5.74) is 11.4. The molecule has 2 fully saturated rings. The Hall–Kier alpha value is -2.36. The van der Waals surface area contributed by atoms with Gasteiger partial charge in [0.05, 0.1) is 31.7 Å². The molecule has 0 amide bonds. The van der Waals surface area contributed by atoms with Crippen LogP contribution in [0, 0.1) is 0 Å². The standard InChI is InChI=1S/C20H25N9O10P2S3/c21-14-13-16(24-6-23-14)29(20(31)44-13)11-2-1-8(37-11)4-36-41(34,43)39-10-3-9(5-35-40(32,33)42)38-18(10)28-7-25-12-15(28)26-19(22)27-17(12)30/h6-11,18H,1-5H2,(H,34,43)(H2,21,23,24)(H2,32,33,42)(H3,22,26,27,30)/t8-,9?,10?,11+,18+,41+/m0/s1. The number of H-pyrrole nitrogens is 1. The lowest BCUT2D eigenvalue weighted by Crippen LogP contribution is -2.23. The largest absolute Gasteiger partial charge is 0.386 e. The molecule has 24 heteroatoms. The Morgan fingerprint density at radius 3 is 2.64 bits per heavy atom. The smallest absolute Gasteiger partial charge is 0.382 e. The lowest BCUT2D eigenvalue weighted by molar-refractivity contribution is -0.0452. The van der Waals surface area contributed by atoms with Gasteiger partial charge in [-0.3, -0.25) is 37.3 Å². The number of anilines is 2. The van der Waals surface area contributed by atoms with E-state index in [4.69, 9.17) is 34.5 Å². The van der Waals surface area contributed by atoms with E-state index < -0.39 is 49.9 Å². The first-order chi connectivity index (χ1) is 20.8. The van der Waals surface area contributed by atoms with Crippen molar-refractivity contribution in [2.45, 2.75) is 50.0 Å². The first kappa shape index (κ1) is 31.6. The fraction of sp³-hybridized carbons (Fsp3) is 0.500. The molecular weight excluding hydrogens is 684 g/mol. The van der Waals surface area contributed by atoms with Gasteiger partial charge in [-0.05, 0) is 12.8 Å². The Morgan fingerprint density at radius 2 is 1.86 bits per heavy atom. The molecule has 2 aliphatic heterocycles. The molecule has 44 heavy (non-hydrogen) atoms. The average Bonchev–Trinajstić information content (AvgIpc) is 3.71. The van der Waals surface area contributed by atoms with Crippen LogP contribution in [0.3, 0.4) is 0 Å². The van der Waals surface area contributed by atoms with Crippen LogP contribution >= 0.6 is 49.4 Å². The maximum absolute atomic E-state index is 13.4. The number of nitrogens with one attached hydrogen (secondary N) is 1. The van der Waals surface area contributed by atoms with Gasteiger partial charge in [0.2, 0.25) is 5.95 Å². The molecule has 0 saturated carbocycles. The van der Waals surface area contributed by atoms with Crippen molar-refractivity contribution in [3.63, 3.8) is 0 Å². The van der Waals surface area contributed by atoms with E-state index in [0.717, 1.165) is 11.3 Å². The van der Waals surface area contributed by atoms with E-state index in [1.807, 2.05) is 0 Å². The fourth-order valence-corrected chi connectivity index (χ4v) is 7.92. The maximum Gasteiger partial charge on any atom is 0.386 e. The van der Waals surface area contributed by atoms with Crippen LogP contribution < -0.4 is 21.9 Å². The lowest BCUT2D eigenvalue weighted by Gasteiger charge is -2.24. The molecule has 6 N–H and O–H groups in total. The molecule has 0 aromatic carbocycles. The highest BCUT2D eigenvalue weighted by atomic mass is 32.7. The van der Waals surface area contributed by atoms with E-state index in [2.05, 4.69) is 49.4 Å². The number of imidazole rings is 1. The lowest BCUT2D eigenvalue weighted by atomic mass is 10.2. The van der Waals surface area contributed by atoms with Crippen LogP contribution in [0.2, 0.25) is 0 Å². The Balaban J connectivity index is 1.16. The second-order valence-corrected chi connectivity index (χ2v) is 16.4. The van der Waals surface area contributed by atoms with Crippen molar-refractivity contribution in [3.05, 3.63) is 32.7 Å². The molecule has 0 aliphatic carbocycles. The zero-order chi connectivity index (χ0) is 31.4. The summed E-state index contributed by atoms with van der Waals surface area (Å²) in [6.07, 6.45) is -0.742. The predicted octanol–water partition coefficient (Wildman–Crippen LogP) is 1.60. The van der Waals surface area contributed by atoms with Crippen molar-refractivity contribution in [1.82, 2.24) is 34.1 Å². The SMILES string of the molecule is Nc1nc2c(ncn2[C@@H]2OC(COP(=O)(O)S)CC2O[P@](=O)(S)OC[C@@H]2CC[C@H](n3c(=O)sc4c(N)ncnc43)O2)c(=O)[nH]1. The van der Waals surface area contributed by atoms with Gasteiger partial charge in [0.25, 0.3) is 5.56 Å². The molecule has 3 unspecified atom stereocenters. The van der Waals surface area contributed by atoms with Crippen LogP contribution in [-0.2, 0) is 32.2 Å². The first-order valence-electron chi connectivity index (χ1n) is 12.8. The van der Waals surface area contributed by atoms with Gasteiger partial charge >= 0.3 is 18.5 Å². The maximum atomic E-state index is 13.4. The van der Waals surface area contributed by atoms with Crippen LogP contribution in [0.25, 0.3) is 21.5 Å². The minimum atomic E-state index is -4.14. The third-order valence-electron chi connectivity index (χ3n) is 6.79. The monoisotopic (exact) mass is 709 g/mol.